The van der Waals surface area contributed by atoms with Gasteiger partial charge in [-0.3, -0.25) is 29.0 Å². The van der Waals surface area contributed by atoms with Crippen molar-refractivity contribution in [2.45, 2.75) is 76.9 Å². The Labute approximate surface area is 279 Å². The van der Waals surface area contributed by atoms with E-state index in [0.29, 0.717) is 5.75 Å². The fourth-order valence-electron chi connectivity index (χ4n) is 5.33. The largest absolute Gasteiger partial charge is 0.483 e. The maximum absolute atomic E-state index is 13.9. The molecule has 1 aliphatic rings. The zero-order chi connectivity index (χ0) is 34.3. The minimum absolute atomic E-state index is 0.0460. The van der Waals surface area contributed by atoms with E-state index < -0.39 is 47.2 Å². The average Bonchev–Trinajstić information content (AvgIpc) is 3.42. The van der Waals surface area contributed by atoms with E-state index in [-0.39, 0.29) is 36.0 Å². The molecule has 0 radical (unpaired) electrons. The monoisotopic (exact) mass is 661 g/mol. The minimum atomic E-state index is -1.23. The van der Waals surface area contributed by atoms with Gasteiger partial charge in [0.1, 0.15) is 23.9 Å². The van der Waals surface area contributed by atoms with Crippen molar-refractivity contribution < 1.29 is 28.7 Å². The molecule has 47 heavy (non-hydrogen) atoms. The highest BCUT2D eigenvalue weighted by molar-refractivity contribution is 8.00. The van der Waals surface area contributed by atoms with Crippen molar-refractivity contribution in [2.75, 3.05) is 12.5 Å². The number of Topliss-reactive ketones (excluding diaryl/α,β-unsaturated/α-hetero) is 1. The number of fused-ring (bicyclic) bond motifs is 1. The Balaban J connectivity index is 1.49. The van der Waals surface area contributed by atoms with Gasteiger partial charge in [-0.2, -0.15) is 0 Å². The molecule has 1 aromatic heterocycles. The second-order valence-corrected chi connectivity index (χ2v) is 14.3. The van der Waals surface area contributed by atoms with Crippen LogP contribution in [0.3, 0.4) is 0 Å². The van der Waals surface area contributed by atoms with Gasteiger partial charge < -0.3 is 25.6 Å². The summed E-state index contributed by atoms with van der Waals surface area (Å²) < 4.78 is 5.79. The molecule has 2 aromatic carbocycles. The van der Waals surface area contributed by atoms with Gasteiger partial charge in [-0.15, -0.1) is 11.8 Å². The highest BCUT2D eigenvalue weighted by atomic mass is 32.2. The quantitative estimate of drug-likeness (QED) is 0.251. The molecular formula is C35H43N5O6S. The van der Waals surface area contributed by atoms with Crippen molar-refractivity contribution in [3.63, 3.8) is 0 Å². The second kappa shape index (κ2) is 15.4. The molecule has 3 N–H and O–H groups in total. The van der Waals surface area contributed by atoms with E-state index in [1.807, 2.05) is 39.8 Å². The topological polar surface area (TPSA) is 147 Å². The standard InChI is InChI=1S/C35H43N5O6S/c1-21(2)29(38-28(41)19-46-27-14-10-13-24-18-36-16-15-25(24)27)32(43)37-26(17-23-11-8-7-9-12-23)31(42)34(45)40-20-47-22(3)30(40)33(44)39-35(4,5)6/h7-16,18,21-22,26,29-30H,17,19-20H2,1-6H3,(H,37,43)(H,38,41)(H,39,44)/t22-,26-,29-,30-/m0/s1. The van der Waals surface area contributed by atoms with E-state index in [9.17, 15) is 24.0 Å². The molecule has 0 unspecified atom stereocenters. The molecule has 4 rings (SSSR count). The number of benzene rings is 2. The van der Waals surface area contributed by atoms with Crippen molar-refractivity contribution in [3.8, 4) is 5.75 Å². The number of ether oxygens (including phenoxy) is 1. The van der Waals surface area contributed by atoms with Crippen LogP contribution in [0, 0.1) is 5.92 Å². The lowest BCUT2D eigenvalue weighted by molar-refractivity contribution is -0.149. The molecule has 0 bridgehead atoms. The van der Waals surface area contributed by atoms with E-state index in [1.165, 1.54) is 16.7 Å². The molecule has 2 heterocycles. The Morgan fingerprint density at radius 2 is 1.72 bits per heavy atom. The Hall–Kier alpha value is -4.45. The van der Waals surface area contributed by atoms with Crippen LogP contribution in [0.5, 0.6) is 5.75 Å². The fourth-order valence-corrected chi connectivity index (χ4v) is 6.46. The number of amides is 4. The Morgan fingerprint density at radius 3 is 2.40 bits per heavy atom. The summed E-state index contributed by atoms with van der Waals surface area (Å²) in [7, 11) is 0. The van der Waals surface area contributed by atoms with Crippen LogP contribution in [-0.2, 0) is 30.4 Å². The first-order chi connectivity index (χ1) is 22.2. The first-order valence-electron chi connectivity index (χ1n) is 15.6. The molecule has 0 spiro atoms. The third-order valence-electron chi connectivity index (χ3n) is 7.68. The first-order valence-corrected chi connectivity index (χ1v) is 16.7. The number of ketones is 1. The summed E-state index contributed by atoms with van der Waals surface area (Å²) in [6, 6.07) is 13.2. The number of carbonyl (C=O) groups is 5. The smallest absolute Gasteiger partial charge is 0.293 e. The van der Waals surface area contributed by atoms with Gasteiger partial charge in [-0.05, 0) is 44.4 Å². The number of nitrogens with zero attached hydrogens (tertiary/aromatic N) is 2. The van der Waals surface area contributed by atoms with Gasteiger partial charge in [0.15, 0.2) is 6.61 Å². The summed E-state index contributed by atoms with van der Waals surface area (Å²) in [5.74, 6) is -2.86. The molecular weight excluding hydrogens is 618 g/mol. The zero-order valence-corrected chi connectivity index (χ0v) is 28.4. The SMILES string of the molecule is CC(C)[C@H](NC(=O)COc1cccc2cnccc12)C(=O)N[C@@H](Cc1ccccc1)C(=O)C(=O)N1CS[C@@H](C)[C@H]1C(=O)NC(C)(C)C. The predicted octanol–water partition coefficient (Wildman–Crippen LogP) is 3.26. The van der Waals surface area contributed by atoms with E-state index in [2.05, 4.69) is 20.9 Å². The van der Waals surface area contributed by atoms with Gasteiger partial charge in [0.25, 0.3) is 11.8 Å². The molecule has 1 saturated heterocycles. The van der Waals surface area contributed by atoms with E-state index >= 15 is 0 Å². The molecule has 0 saturated carbocycles. The van der Waals surface area contributed by atoms with Gasteiger partial charge in [0, 0.05) is 40.4 Å². The number of hydrogen-bond acceptors (Lipinski definition) is 8. The third-order valence-corrected chi connectivity index (χ3v) is 8.89. The summed E-state index contributed by atoms with van der Waals surface area (Å²) in [5.41, 5.74) is 0.203. The minimum Gasteiger partial charge on any atom is -0.483 e. The maximum atomic E-state index is 13.9. The van der Waals surface area contributed by atoms with Gasteiger partial charge in [-0.1, -0.05) is 63.2 Å². The molecule has 12 heteroatoms. The van der Waals surface area contributed by atoms with Crippen molar-refractivity contribution in [2.24, 2.45) is 5.92 Å². The van der Waals surface area contributed by atoms with Crippen LogP contribution in [0.2, 0.25) is 0 Å². The van der Waals surface area contributed by atoms with Crippen LogP contribution in [0.15, 0.2) is 67.0 Å². The van der Waals surface area contributed by atoms with E-state index in [0.717, 1.165) is 16.3 Å². The van der Waals surface area contributed by atoms with Gasteiger partial charge in [0.2, 0.25) is 17.6 Å². The van der Waals surface area contributed by atoms with Gasteiger partial charge >= 0.3 is 0 Å². The highest BCUT2D eigenvalue weighted by Gasteiger charge is 2.44. The lowest BCUT2D eigenvalue weighted by Crippen LogP contribution is -2.59. The zero-order valence-electron chi connectivity index (χ0n) is 27.6. The maximum Gasteiger partial charge on any atom is 0.293 e. The Bertz CT molecular complexity index is 1600. The first kappa shape index (κ1) is 35.4. The Kier molecular flexibility index (Phi) is 11.6. The van der Waals surface area contributed by atoms with Crippen molar-refractivity contribution in [1.29, 1.82) is 0 Å². The molecule has 11 nitrogen and oxygen atoms in total. The van der Waals surface area contributed by atoms with Gasteiger partial charge in [-0.25, -0.2) is 0 Å². The molecule has 4 amide bonds. The molecule has 0 aliphatic carbocycles. The molecule has 250 valence electrons. The van der Waals surface area contributed by atoms with Crippen LogP contribution in [-0.4, -0.2) is 80.7 Å². The summed E-state index contributed by atoms with van der Waals surface area (Å²) in [5, 5.41) is 9.80. The number of carbonyl (C=O) groups excluding carboxylic acids is 5. The summed E-state index contributed by atoms with van der Waals surface area (Å²) in [6.07, 6.45) is 3.38. The number of nitrogens with one attached hydrogen (secondary N) is 3. The van der Waals surface area contributed by atoms with Crippen LogP contribution in [0.25, 0.3) is 10.8 Å². The lowest BCUT2D eigenvalue weighted by Gasteiger charge is -2.30. The predicted molar refractivity (Wildman–Crippen MR) is 182 cm³/mol. The van der Waals surface area contributed by atoms with Crippen LogP contribution in [0.4, 0.5) is 0 Å². The van der Waals surface area contributed by atoms with Crippen LogP contribution >= 0.6 is 11.8 Å². The number of hydrogen-bond donors (Lipinski definition) is 3. The molecule has 3 aromatic rings. The number of aromatic nitrogens is 1. The normalized spacial score (nSPS) is 17.6. The van der Waals surface area contributed by atoms with E-state index in [4.69, 9.17) is 4.74 Å². The van der Waals surface area contributed by atoms with Crippen molar-refractivity contribution in [1.82, 2.24) is 25.8 Å². The summed E-state index contributed by atoms with van der Waals surface area (Å²) >= 11 is 1.40. The summed E-state index contributed by atoms with van der Waals surface area (Å²) in [4.78, 5) is 72.8. The van der Waals surface area contributed by atoms with E-state index in [1.54, 1.807) is 68.7 Å². The Morgan fingerprint density at radius 1 is 1.00 bits per heavy atom. The van der Waals surface area contributed by atoms with Crippen molar-refractivity contribution in [3.05, 3.63) is 72.6 Å². The summed E-state index contributed by atoms with van der Waals surface area (Å²) in [6.45, 7) is 10.6. The number of thioether (sulfide) groups is 1. The van der Waals surface area contributed by atoms with Crippen LogP contribution in [0.1, 0.15) is 47.1 Å². The van der Waals surface area contributed by atoms with Crippen molar-refractivity contribution >= 4 is 51.9 Å². The highest BCUT2D eigenvalue weighted by Crippen LogP contribution is 2.30. The lowest BCUT2D eigenvalue weighted by atomic mass is 9.98. The second-order valence-electron chi connectivity index (χ2n) is 13.0. The average molecular weight is 662 g/mol. The molecule has 1 aliphatic heterocycles. The third kappa shape index (κ3) is 9.31. The molecule has 1 fully saturated rings. The number of pyridine rings is 1. The van der Waals surface area contributed by atoms with Crippen LogP contribution < -0.4 is 20.7 Å². The van der Waals surface area contributed by atoms with Gasteiger partial charge in [0.05, 0.1) is 5.88 Å². The number of rotatable bonds is 12. The molecule has 4 atom stereocenters. The fraction of sp³-hybridized carbons (Fsp3) is 0.429.